The molecule has 2 heteroatoms. The molecule has 0 unspecified atom stereocenters. The van der Waals surface area contributed by atoms with E-state index < -0.39 is 0 Å². The van der Waals surface area contributed by atoms with Gasteiger partial charge in [-0.2, -0.15) is 0 Å². The SMILES string of the molecule is Cc1ccc(/C=C/c2cnccn2)c(C)c1. The highest BCUT2D eigenvalue weighted by Gasteiger charge is 1.94. The summed E-state index contributed by atoms with van der Waals surface area (Å²) in [6.07, 6.45) is 9.17. The Morgan fingerprint density at radius 3 is 2.62 bits per heavy atom. The number of rotatable bonds is 2. The van der Waals surface area contributed by atoms with E-state index in [4.69, 9.17) is 0 Å². The zero-order chi connectivity index (χ0) is 11.4. The van der Waals surface area contributed by atoms with Crippen LogP contribution in [0.2, 0.25) is 0 Å². The van der Waals surface area contributed by atoms with Gasteiger partial charge in [-0.05, 0) is 31.1 Å². The van der Waals surface area contributed by atoms with Gasteiger partial charge in [0, 0.05) is 12.4 Å². The van der Waals surface area contributed by atoms with Crippen molar-refractivity contribution in [3.8, 4) is 0 Å². The van der Waals surface area contributed by atoms with E-state index in [0.29, 0.717) is 0 Å². The molecule has 2 aromatic rings. The highest BCUT2D eigenvalue weighted by atomic mass is 14.7. The summed E-state index contributed by atoms with van der Waals surface area (Å²) >= 11 is 0. The van der Waals surface area contributed by atoms with E-state index in [9.17, 15) is 0 Å². The van der Waals surface area contributed by atoms with E-state index in [2.05, 4.69) is 48.1 Å². The third-order valence-corrected chi connectivity index (χ3v) is 2.44. The number of hydrogen-bond donors (Lipinski definition) is 0. The van der Waals surface area contributed by atoms with Gasteiger partial charge in [-0.1, -0.05) is 29.8 Å². The van der Waals surface area contributed by atoms with Gasteiger partial charge >= 0.3 is 0 Å². The molecule has 0 saturated heterocycles. The first-order valence-corrected chi connectivity index (χ1v) is 5.27. The van der Waals surface area contributed by atoms with Gasteiger partial charge in [-0.25, -0.2) is 0 Å². The molecule has 0 spiro atoms. The van der Waals surface area contributed by atoms with Gasteiger partial charge in [-0.15, -0.1) is 0 Å². The minimum atomic E-state index is 0.877. The van der Waals surface area contributed by atoms with E-state index in [1.54, 1.807) is 18.6 Å². The second kappa shape index (κ2) is 4.71. The quantitative estimate of drug-likeness (QED) is 0.760. The molecular weight excluding hydrogens is 196 g/mol. The van der Waals surface area contributed by atoms with Crippen LogP contribution in [0, 0.1) is 13.8 Å². The standard InChI is InChI=1S/C14H14N2/c1-11-3-4-13(12(2)9-11)5-6-14-10-15-7-8-16-14/h3-10H,1-2H3/b6-5+. The van der Waals surface area contributed by atoms with Gasteiger partial charge in [0.25, 0.3) is 0 Å². The van der Waals surface area contributed by atoms with Crippen molar-refractivity contribution < 1.29 is 0 Å². The van der Waals surface area contributed by atoms with Gasteiger partial charge in [0.1, 0.15) is 0 Å². The smallest absolute Gasteiger partial charge is 0.0813 e. The number of benzene rings is 1. The zero-order valence-corrected chi connectivity index (χ0v) is 9.51. The Morgan fingerprint density at radius 1 is 1.06 bits per heavy atom. The molecule has 0 atom stereocenters. The highest BCUT2D eigenvalue weighted by molar-refractivity contribution is 5.69. The maximum atomic E-state index is 4.19. The summed E-state index contributed by atoms with van der Waals surface area (Å²) in [5, 5.41) is 0. The predicted molar refractivity (Wildman–Crippen MR) is 66.9 cm³/mol. The van der Waals surface area contributed by atoms with Crippen molar-refractivity contribution in [2.45, 2.75) is 13.8 Å². The third-order valence-electron chi connectivity index (χ3n) is 2.44. The maximum absolute atomic E-state index is 4.19. The average Bonchev–Trinajstić information content (AvgIpc) is 2.29. The molecule has 1 heterocycles. The lowest BCUT2D eigenvalue weighted by Gasteiger charge is -2.01. The number of hydrogen-bond acceptors (Lipinski definition) is 2. The first-order chi connectivity index (χ1) is 7.75. The van der Waals surface area contributed by atoms with Crippen LogP contribution in [0.4, 0.5) is 0 Å². The van der Waals surface area contributed by atoms with Crippen molar-refractivity contribution in [3.63, 3.8) is 0 Å². The molecule has 0 fully saturated rings. The van der Waals surface area contributed by atoms with Gasteiger partial charge in [0.05, 0.1) is 11.9 Å². The van der Waals surface area contributed by atoms with E-state index in [1.807, 2.05) is 6.08 Å². The maximum Gasteiger partial charge on any atom is 0.0813 e. The van der Waals surface area contributed by atoms with Gasteiger partial charge < -0.3 is 0 Å². The summed E-state index contributed by atoms with van der Waals surface area (Å²) < 4.78 is 0. The lowest BCUT2D eigenvalue weighted by molar-refractivity contribution is 1.18. The van der Waals surface area contributed by atoms with Gasteiger partial charge in [0.2, 0.25) is 0 Å². The van der Waals surface area contributed by atoms with Crippen molar-refractivity contribution >= 4 is 12.2 Å². The minimum Gasteiger partial charge on any atom is -0.261 e. The lowest BCUT2D eigenvalue weighted by atomic mass is 10.1. The Kier molecular flexibility index (Phi) is 3.10. The molecule has 0 saturated carbocycles. The van der Waals surface area contributed by atoms with Gasteiger partial charge in [-0.3, -0.25) is 9.97 Å². The molecule has 2 rings (SSSR count). The molecular formula is C14H14N2. The van der Waals surface area contributed by atoms with Crippen LogP contribution in [-0.4, -0.2) is 9.97 Å². The van der Waals surface area contributed by atoms with Crippen LogP contribution in [0.3, 0.4) is 0 Å². The van der Waals surface area contributed by atoms with E-state index in [1.165, 1.54) is 16.7 Å². The molecule has 2 nitrogen and oxygen atoms in total. The number of aryl methyl sites for hydroxylation is 2. The van der Waals surface area contributed by atoms with Crippen LogP contribution < -0.4 is 0 Å². The predicted octanol–water partition coefficient (Wildman–Crippen LogP) is 3.26. The summed E-state index contributed by atoms with van der Waals surface area (Å²) in [7, 11) is 0. The van der Waals surface area contributed by atoms with Gasteiger partial charge in [0.15, 0.2) is 0 Å². The van der Waals surface area contributed by atoms with E-state index in [0.717, 1.165) is 5.69 Å². The van der Waals surface area contributed by atoms with Crippen LogP contribution in [0.1, 0.15) is 22.4 Å². The summed E-state index contributed by atoms with van der Waals surface area (Å²) in [6.45, 7) is 4.21. The van der Waals surface area contributed by atoms with Crippen molar-refractivity contribution in [1.29, 1.82) is 0 Å². The molecule has 0 aliphatic carbocycles. The summed E-state index contributed by atoms with van der Waals surface area (Å²) in [6, 6.07) is 6.41. The van der Waals surface area contributed by atoms with Crippen molar-refractivity contribution in [2.75, 3.05) is 0 Å². The zero-order valence-electron chi connectivity index (χ0n) is 9.51. The highest BCUT2D eigenvalue weighted by Crippen LogP contribution is 2.13. The fourth-order valence-corrected chi connectivity index (χ4v) is 1.58. The Labute approximate surface area is 95.7 Å². The van der Waals surface area contributed by atoms with Crippen LogP contribution in [0.5, 0.6) is 0 Å². The topological polar surface area (TPSA) is 25.8 Å². The van der Waals surface area contributed by atoms with Crippen LogP contribution in [0.25, 0.3) is 12.2 Å². The number of nitrogens with zero attached hydrogens (tertiary/aromatic N) is 2. The van der Waals surface area contributed by atoms with Crippen molar-refractivity contribution in [2.24, 2.45) is 0 Å². The molecule has 0 N–H and O–H groups in total. The summed E-state index contributed by atoms with van der Waals surface area (Å²) in [5.41, 5.74) is 4.66. The lowest BCUT2D eigenvalue weighted by Crippen LogP contribution is -1.83. The fraction of sp³-hybridized carbons (Fsp3) is 0.143. The largest absolute Gasteiger partial charge is 0.261 e. The van der Waals surface area contributed by atoms with E-state index >= 15 is 0 Å². The first-order valence-electron chi connectivity index (χ1n) is 5.27. The van der Waals surface area contributed by atoms with Crippen LogP contribution in [-0.2, 0) is 0 Å². The Hall–Kier alpha value is -1.96. The molecule has 16 heavy (non-hydrogen) atoms. The van der Waals surface area contributed by atoms with Crippen LogP contribution in [0.15, 0.2) is 36.8 Å². The Bertz CT molecular complexity index is 501. The Balaban J connectivity index is 2.24. The minimum absolute atomic E-state index is 0.877. The number of aromatic nitrogens is 2. The molecule has 80 valence electrons. The molecule has 1 aromatic heterocycles. The van der Waals surface area contributed by atoms with Crippen molar-refractivity contribution in [1.82, 2.24) is 9.97 Å². The molecule has 0 amide bonds. The molecule has 0 radical (unpaired) electrons. The fourth-order valence-electron chi connectivity index (χ4n) is 1.58. The normalized spacial score (nSPS) is 10.9. The monoisotopic (exact) mass is 210 g/mol. The first kappa shape index (κ1) is 10.6. The molecule has 1 aromatic carbocycles. The average molecular weight is 210 g/mol. The second-order valence-corrected chi connectivity index (χ2v) is 3.82. The summed E-state index contributed by atoms with van der Waals surface area (Å²) in [5.74, 6) is 0. The van der Waals surface area contributed by atoms with Crippen LogP contribution >= 0.6 is 0 Å². The van der Waals surface area contributed by atoms with E-state index in [-0.39, 0.29) is 0 Å². The summed E-state index contributed by atoms with van der Waals surface area (Å²) in [4.78, 5) is 8.21. The molecule has 0 aliphatic rings. The third kappa shape index (κ3) is 2.54. The Morgan fingerprint density at radius 2 is 1.94 bits per heavy atom. The van der Waals surface area contributed by atoms with Crippen molar-refractivity contribution in [3.05, 3.63) is 59.2 Å². The molecule has 0 aliphatic heterocycles. The molecule has 0 bridgehead atoms. The second-order valence-electron chi connectivity index (χ2n) is 3.82.